The molecule has 2 fully saturated rings. The summed E-state index contributed by atoms with van der Waals surface area (Å²) >= 11 is 0. The summed E-state index contributed by atoms with van der Waals surface area (Å²) in [6.07, 6.45) is 6.79. The maximum atomic E-state index is 5.72. The largest absolute Gasteiger partial charge is 0.377 e. The van der Waals surface area contributed by atoms with Gasteiger partial charge in [-0.3, -0.25) is 0 Å². The van der Waals surface area contributed by atoms with Crippen LogP contribution in [0.2, 0.25) is 0 Å². The van der Waals surface area contributed by atoms with Crippen LogP contribution in [0.15, 0.2) is 0 Å². The van der Waals surface area contributed by atoms with Crippen LogP contribution >= 0.6 is 0 Å². The molecule has 0 aromatic heterocycles. The molecule has 2 heterocycles. The van der Waals surface area contributed by atoms with Crippen molar-refractivity contribution in [3.05, 3.63) is 0 Å². The summed E-state index contributed by atoms with van der Waals surface area (Å²) in [5.41, 5.74) is 0.649. The predicted octanol–water partition coefficient (Wildman–Crippen LogP) is 2.31. The highest BCUT2D eigenvalue weighted by molar-refractivity contribution is 4.97. The molecule has 18 heavy (non-hydrogen) atoms. The summed E-state index contributed by atoms with van der Waals surface area (Å²) in [6.45, 7) is 11.2. The van der Waals surface area contributed by atoms with Crippen LogP contribution in [-0.2, 0) is 4.74 Å². The van der Waals surface area contributed by atoms with Crippen molar-refractivity contribution in [2.45, 2.75) is 64.5 Å². The molecule has 2 aliphatic heterocycles. The van der Waals surface area contributed by atoms with Gasteiger partial charge in [-0.25, -0.2) is 0 Å². The summed E-state index contributed by atoms with van der Waals surface area (Å²) in [7, 11) is 0. The maximum Gasteiger partial charge on any atom is 0.0726 e. The Balaban J connectivity index is 1.92. The van der Waals surface area contributed by atoms with E-state index in [1.54, 1.807) is 0 Å². The number of piperidine rings is 1. The minimum absolute atomic E-state index is 0.179. The summed E-state index contributed by atoms with van der Waals surface area (Å²) in [5.74, 6) is 0. The lowest BCUT2D eigenvalue weighted by Crippen LogP contribution is -2.54. The zero-order valence-corrected chi connectivity index (χ0v) is 12.3. The first-order chi connectivity index (χ1) is 8.60. The fraction of sp³-hybridized carbons (Fsp3) is 1.00. The SMILES string of the molecule is CCCC1(CNC2(C)CCOC2C)CCCNC1. The molecular formula is C15H30N2O. The van der Waals surface area contributed by atoms with Crippen molar-refractivity contribution < 1.29 is 4.74 Å². The molecule has 0 bridgehead atoms. The van der Waals surface area contributed by atoms with Gasteiger partial charge in [-0.2, -0.15) is 0 Å². The van der Waals surface area contributed by atoms with Gasteiger partial charge in [-0.1, -0.05) is 13.3 Å². The van der Waals surface area contributed by atoms with Crippen LogP contribution in [0.5, 0.6) is 0 Å². The fourth-order valence-corrected chi connectivity index (χ4v) is 3.47. The first-order valence-electron chi connectivity index (χ1n) is 7.68. The van der Waals surface area contributed by atoms with Crippen LogP contribution in [0.25, 0.3) is 0 Å². The van der Waals surface area contributed by atoms with Crippen molar-refractivity contribution >= 4 is 0 Å². The zero-order chi connectivity index (χ0) is 13.1. The quantitative estimate of drug-likeness (QED) is 0.790. The molecule has 2 rings (SSSR count). The van der Waals surface area contributed by atoms with Gasteiger partial charge in [0.1, 0.15) is 0 Å². The van der Waals surface area contributed by atoms with Crippen LogP contribution in [0.3, 0.4) is 0 Å². The fourth-order valence-electron chi connectivity index (χ4n) is 3.47. The van der Waals surface area contributed by atoms with Crippen molar-refractivity contribution in [2.75, 3.05) is 26.2 Å². The third kappa shape index (κ3) is 3.06. The summed E-state index contributed by atoms with van der Waals surface area (Å²) in [6, 6.07) is 0. The lowest BCUT2D eigenvalue weighted by atomic mass is 9.76. The Morgan fingerprint density at radius 1 is 1.39 bits per heavy atom. The van der Waals surface area contributed by atoms with Crippen LogP contribution in [0.4, 0.5) is 0 Å². The molecule has 0 aromatic rings. The highest BCUT2D eigenvalue weighted by Crippen LogP contribution is 2.33. The van der Waals surface area contributed by atoms with E-state index in [1.807, 2.05) is 0 Å². The third-order valence-electron chi connectivity index (χ3n) is 5.09. The molecule has 0 spiro atoms. The summed E-state index contributed by atoms with van der Waals surface area (Å²) in [5, 5.41) is 7.43. The summed E-state index contributed by atoms with van der Waals surface area (Å²) < 4.78 is 5.72. The van der Waals surface area contributed by atoms with Crippen molar-refractivity contribution in [3.63, 3.8) is 0 Å². The Morgan fingerprint density at radius 3 is 2.78 bits per heavy atom. The normalized spacial score (nSPS) is 41.2. The molecule has 106 valence electrons. The van der Waals surface area contributed by atoms with E-state index in [9.17, 15) is 0 Å². The standard InChI is InChI=1S/C15H30N2O/c1-4-6-15(7-5-9-16-11-15)12-17-14(3)8-10-18-13(14)2/h13,16-17H,4-12H2,1-3H3. The van der Waals surface area contributed by atoms with Gasteiger partial charge >= 0.3 is 0 Å². The molecule has 2 aliphatic rings. The van der Waals surface area contributed by atoms with Gasteiger partial charge in [-0.05, 0) is 51.5 Å². The van der Waals surface area contributed by atoms with Crippen LogP contribution in [0.1, 0.15) is 52.9 Å². The molecule has 0 aromatic carbocycles. The van der Waals surface area contributed by atoms with E-state index in [4.69, 9.17) is 4.74 Å². The number of nitrogens with one attached hydrogen (secondary N) is 2. The van der Waals surface area contributed by atoms with E-state index in [-0.39, 0.29) is 5.54 Å². The number of hydrogen-bond acceptors (Lipinski definition) is 3. The molecule has 3 unspecified atom stereocenters. The average Bonchev–Trinajstić information content (AvgIpc) is 2.70. The molecule has 0 amide bonds. The monoisotopic (exact) mass is 254 g/mol. The molecule has 3 atom stereocenters. The van der Waals surface area contributed by atoms with Crippen molar-refractivity contribution in [1.82, 2.24) is 10.6 Å². The molecule has 2 saturated heterocycles. The smallest absolute Gasteiger partial charge is 0.0726 e. The minimum atomic E-state index is 0.179. The molecular weight excluding hydrogens is 224 g/mol. The van der Waals surface area contributed by atoms with Gasteiger partial charge in [0.2, 0.25) is 0 Å². The van der Waals surface area contributed by atoms with Crippen LogP contribution in [0, 0.1) is 5.41 Å². The Morgan fingerprint density at radius 2 is 2.22 bits per heavy atom. The molecule has 0 saturated carbocycles. The average molecular weight is 254 g/mol. The van der Waals surface area contributed by atoms with Gasteiger partial charge in [0.25, 0.3) is 0 Å². The maximum absolute atomic E-state index is 5.72. The van der Waals surface area contributed by atoms with Crippen LogP contribution in [-0.4, -0.2) is 37.9 Å². The van der Waals surface area contributed by atoms with Gasteiger partial charge in [0.05, 0.1) is 6.10 Å². The Bertz CT molecular complexity index is 258. The first-order valence-corrected chi connectivity index (χ1v) is 7.68. The van der Waals surface area contributed by atoms with Crippen molar-refractivity contribution in [2.24, 2.45) is 5.41 Å². The lowest BCUT2D eigenvalue weighted by molar-refractivity contribution is 0.0780. The van der Waals surface area contributed by atoms with Gasteiger partial charge in [0, 0.05) is 25.2 Å². The van der Waals surface area contributed by atoms with Crippen molar-refractivity contribution in [1.29, 1.82) is 0 Å². The Hall–Kier alpha value is -0.120. The van der Waals surface area contributed by atoms with Crippen LogP contribution < -0.4 is 10.6 Å². The third-order valence-corrected chi connectivity index (χ3v) is 5.09. The molecule has 0 aliphatic carbocycles. The second-order valence-corrected chi connectivity index (χ2v) is 6.56. The minimum Gasteiger partial charge on any atom is -0.377 e. The highest BCUT2D eigenvalue weighted by Gasteiger charge is 2.39. The van der Waals surface area contributed by atoms with E-state index >= 15 is 0 Å². The van der Waals surface area contributed by atoms with Gasteiger partial charge in [-0.15, -0.1) is 0 Å². The van der Waals surface area contributed by atoms with Crippen molar-refractivity contribution in [3.8, 4) is 0 Å². The van der Waals surface area contributed by atoms with E-state index in [0.29, 0.717) is 11.5 Å². The summed E-state index contributed by atoms with van der Waals surface area (Å²) in [4.78, 5) is 0. The van der Waals surface area contributed by atoms with E-state index in [0.717, 1.165) is 19.6 Å². The van der Waals surface area contributed by atoms with E-state index < -0.39 is 0 Å². The van der Waals surface area contributed by atoms with Gasteiger partial charge in [0.15, 0.2) is 0 Å². The number of ether oxygens (including phenoxy) is 1. The lowest BCUT2D eigenvalue weighted by Gasteiger charge is -2.41. The Labute approximate surface area is 112 Å². The molecule has 3 nitrogen and oxygen atoms in total. The number of rotatable bonds is 5. The Kier molecular flexibility index (Phi) is 4.68. The zero-order valence-electron chi connectivity index (χ0n) is 12.3. The molecule has 2 N–H and O–H groups in total. The second-order valence-electron chi connectivity index (χ2n) is 6.56. The van der Waals surface area contributed by atoms with E-state index in [2.05, 4.69) is 31.4 Å². The van der Waals surface area contributed by atoms with E-state index in [1.165, 1.54) is 38.8 Å². The second kappa shape index (κ2) is 5.89. The molecule has 0 radical (unpaired) electrons. The topological polar surface area (TPSA) is 33.3 Å². The highest BCUT2D eigenvalue weighted by atomic mass is 16.5. The molecule has 3 heteroatoms. The predicted molar refractivity (Wildman–Crippen MR) is 75.9 cm³/mol. The van der Waals surface area contributed by atoms with Gasteiger partial charge < -0.3 is 15.4 Å². The number of hydrogen-bond donors (Lipinski definition) is 2. The first kappa shape index (κ1) is 14.3.